The average molecular weight is 560 g/mol. The van der Waals surface area contributed by atoms with E-state index in [1.165, 1.54) is 10.4 Å². The molecule has 0 saturated carbocycles. The molecule has 1 aliphatic rings. The first kappa shape index (κ1) is 25.7. The van der Waals surface area contributed by atoms with Gasteiger partial charge in [0.05, 0.1) is 31.5 Å². The molecular formula is C22H34IN5O2S. The molecule has 2 aromatic rings. The zero-order valence-electron chi connectivity index (χ0n) is 19.0. The molecule has 2 N–H and O–H groups in total. The van der Waals surface area contributed by atoms with Gasteiger partial charge in [-0.2, -0.15) is 0 Å². The van der Waals surface area contributed by atoms with Crippen molar-refractivity contribution in [1.29, 1.82) is 0 Å². The molecule has 0 spiro atoms. The second kappa shape index (κ2) is 12.4. The molecule has 3 rings (SSSR count). The van der Waals surface area contributed by atoms with E-state index in [4.69, 9.17) is 14.5 Å². The maximum Gasteiger partial charge on any atom is 0.191 e. The maximum absolute atomic E-state index is 5.40. The minimum atomic E-state index is 0. The number of hydrogen-bond donors (Lipinski definition) is 2. The number of halogens is 1. The van der Waals surface area contributed by atoms with Gasteiger partial charge in [-0.3, -0.25) is 4.90 Å². The summed E-state index contributed by atoms with van der Waals surface area (Å²) in [6, 6.07) is 6.44. The van der Waals surface area contributed by atoms with Crippen LogP contribution in [-0.2, 0) is 13.1 Å². The monoisotopic (exact) mass is 559 g/mol. The van der Waals surface area contributed by atoms with Crippen LogP contribution in [0.2, 0.25) is 0 Å². The number of rotatable bonds is 8. The van der Waals surface area contributed by atoms with Gasteiger partial charge in [0.25, 0.3) is 0 Å². The van der Waals surface area contributed by atoms with Crippen LogP contribution in [0.4, 0.5) is 0 Å². The Hall–Kier alpha value is -1.59. The number of nitrogens with one attached hydrogen (secondary N) is 2. The van der Waals surface area contributed by atoms with E-state index >= 15 is 0 Å². The molecule has 0 amide bonds. The van der Waals surface area contributed by atoms with Crippen molar-refractivity contribution >= 4 is 41.3 Å². The summed E-state index contributed by atoms with van der Waals surface area (Å²) in [4.78, 5) is 13.0. The third kappa shape index (κ3) is 7.50. The number of benzene rings is 1. The number of ether oxygens (including phenoxy) is 2. The summed E-state index contributed by atoms with van der Waals surface area (Å²) < 4.78 is 10.8. The number of guanidine groups is 1. The molecule has 0 radical (unpaired) electrons. The van der Waals surface area contributed by atoms with Gasteiger partial charge < -0.3 is 20.1 Å². The predicted octanol–water partition coefficient (Wildman–Crippen LogP) is 3.72. The van der Waals surface area contributed by atoms with E-state index in [1.807, 2.05) is 13.0 Å². The largest absolute Gasteiger partial charge is 0.497 e. The Bertz CT molecular complexity index is 851. The van der Waals surface area contributed by atoms with Crippen molar-refractivity contribution in [3.05, 3.63) is 39.3 Å². The van der Waals surface area contributed by atoms with E-state index in [1.54, 1.807) is 25.6 Å². The normalized spacial score (nSPS) is 16.7. The first-order valence-electron chi connectivity index (χ1n) is 10.4. The number of aryl methyl sites for hydroxylation is 2. The fraction of sp³-hybridized carbons (Fsp3) is 0.545. The van der Waals surface area contributed by atoms with Crippen LogP contribution in [-0.4, -0.2) is 55.7 Å². The Labute approximate surface area is 206 Å². The van der Waals surface area contributed by atoms with Crippen molar-refractivity contribution in [2.24, 2.45) is 4.99 Å². The topological polar surface area (TPSA) is 71.0 Å². The van der Waals surface area contributed by atoms with E-state index in [2.05, 4.69) is 46.5 Å². The van der Waals surface area contributed by atoms with Crippen LogP contribution in [0.25, 0.3) is 0 Å². The molecule has 2 heterocycles. The molecule has 172 valence electrons. The summed E-state index contributed by atoms with van der Waals surface area (Å²) in [6.07, 6.45) is 1.09. The Morgan fingerprint density at radius 2 is 1.94 bits per heavy atom. The summed E-state index contributed by atoms with van der Waals surface area (Å²) in [5.41, 5.74) is 2.28. The highest BCUT2D eigenvalue weighted by Crippen LogP contribution is 2.24. The number of likely N-dealkylation sites (tertiary alicyclic amines) is 1. The van der Waals surface area contributed by atoms with Crippen molar-refractivity contribution in [2.45, 2.75) is 46.3 Å². The number of aliphatic imine (C=N–C) groups is 1. The van der Waals surface area contributed by atoms with Gasteiger partial charge in [0.1, 0.15) is 11.5 Å². The van der Waals surface area contributed by atoms with Gasteiger partial charge >= 0.3 is 0 Å². The highest BCUT2D eigenvalue weighted by molar-refractivity contribution is 14.0. The van der Waals surface area contributed by atoms with Gasteiger partial charge in [-0.25, -0.2) is 9.98 Å². The molecular weight excluding hydrogens is 525 g/mol. The van der Waals surface area contributed by atoms with Crippen molar-refractivity contribution in [3.63, 3.8) is 0 Å². The summed E-state index contributed by atoms with van der Waals surface area (Å²) in [6.45, 7) is 10.6. The fourth-order valence-corrected chi connectivity index (χ4v) is 4.56. The molecule has 7 nitrogen and oxygen atoms in total. The fourth-order valence-electron chi connectivity index (χ4n) is 3.69. The van der Waals surface area contributed by atoms with Crippen LogP contribution in [0, 0.1) is 13.8 Å². The Morgan fingerprint density at radius 3 is 2.52 bits per heavy atom. The molecule has 1 aromatic carbocycles. The van der Waals surface area contributed by atoms with Gasteiger partial charge in [-0.1, -0.05) is 0 Å². The number of aromatic nitrogens is 1. The lowest BCUT2D eigenvalue weighted by molar-refractivity contribution is 0.321. The highest BCUT2D eigenvalue weighted by atomic mass is 127. The van der Waals surface area contributed by atoms with E-state index < -0.39 is 0 Å². The van der Waals surface area contributed by atoms with Crippen molar-refractivity contribution in [3.8, 4) is 11.5 Å². The molecule has 31 heavy (non-hydrogen) atoms. The minimum Gasteiger partial charge on any atom is -0.497 e. The molecule has 1 unspecified atom stereocenters. The van der Waals surface area contributed by atoms with Crippen LogP contribution in [0.3, 0.4) is 0 Å². The molecule has 1 aromatic heterocycles. The van der Waals surface area contributed by atoms with E-state index in [9.17, 15) is 0 Å². The Kier molecular flexibility index (Phi) is 10.3. The van der Waals surface area contributed by atoms with Gasteiger partial charge in [-0.15, -0.1) is 35.3 Å². The first-order valence-corrected chi connectivity index (χ1v) is 11.2. The second-order valence-corrected chi connectivity index (χ2v) is 8.81. The zero-order valence-corrected chi connectivity index (χ0v) is 22.2. The number of nitrogens with zero attached hydrogens (tertiary/aromatic N) is 3. The lowest BCUT2D eigenvalue weighted by Gasteiger charge is -2.19. The Balaban J connectivity index is 0.00000341. The summed E-state index contributed by atoms with van der Waals surface area (Å²) in [5, 5.41) is 8.07. The van der Waals surface area contributed by atoms with Crippen molar-refractivity contribution in [1.82, 2.24) is 20.5 Å². The van der Waals surface area contributed by atoms with E-state index in [-0.39, 0.29) is 24.0 Å². The van der Waals surface area contributed by atoms with Gasteiger partial charge in [0.15, 0.2) is 5.96 Å². The van der Waals surface area contributed by atoms with Crippen molar-refractivity contribution < 1.29 is 9.47 Å². The molecule has 1 atom stereocenters. The summed E-state index contributed by atoms with van der Waals surface area (Å²) in [7, 11) is 3.37. The van der Waals surface area contributed by atoms with Crippen LogP contribution in [0.1, 0.15) is 34.5 Å². The smallest absolute Gasteiger partial charge is 0.191 e. The summed E-state index contributed by atoms with van der Waals surface area (Å²) in [5.74, 6) is 2.53. The van der Waals surface area contributed by atoms with Crippen LogP contribution < -0.4 is 20.1 Å². The summed E-state index contributed by atoms with van der Waals surface area (Å²) >= 11 is 1.72. The van der Waals surface area contributed by atoms with E-state index in [0.717, 1.165) is 60.8 Å². The van der Waals surface area contributed by atoms with Crippen LogP contribution >= 0.6 is 35.3 Å². The first-order chi connectivity index (χ1) is 14.5. The molecule has 1 aliphatic heterocycles. The van der Waals surface area contributed by atoms with Crippen LogP contribution in [0.15, 0.2) is 23.2 Å². The second-order valence-electron chi connectivity index (χ2n) is 7.52. The quantitative estimate of drug-likeness (QED) is 0.292. The molecule has 1 saturated heterocycles. The number of thiazole rings is 1. The molecule has 0 bridgehead atoms. The molecule has 1 fully saturated rings. The Morgan fingerprint density at radius 1 is 1.23 bits per heavy atom. The predicted molar refractivity (Wildman–Crippen MR) is 138 cm³/mol. The lowest BCUT2D eigenvalue weighted by atomic mass is 10.2. The van der Waals surface area contributed by atoms with Crippen molar-refractivity contribution in [2.75, 3.05) is 33.9 Å². The minimum absolute atomic E-state index is 0. The lowest BCUT2D eigenvalue weighted by Crippen LogP contribution is -2.44. The van der Waals surface area contributed by atoms with Gasteiger partial charge in [0.2, 0.25) is 0 Å². The SMILES string of the molecule is CCNC(=NCc1sc(C)nc1C)NC1CCN(Cc2cc(OC)cc(OC)c2)C1.I. The average Bonchev–Trinajstić information content (AvgIpc) is 3.30. The highest BCUT2D eigenvalue weighted by Gasteiger charge is 2.23. The van der Waals surface area contributed by atoms with E-state index in [0.29, 0.717) is 12.6 Å². The standard InChI is InChI=1S/C22H33N5O2S.HI/c1-6-23-22(24-12-21-15(2)25-16(3)30-21)26-18-7-8-27(14-18)13-17-9-19(28-4)11-20(10-17)29-5;/h9-11,18H,6-8,12-14H2,1-5H3,(H2,23,24,26);1H. The van der Waals surface area contributed by atoms with Gasteiger partial charge in [0, 0.05) is 43.2 Å². The zero-order chi connectivity index (χ0) is 21.5. The number of hydrogen-bond acceptors (Lipinski definition) is 6. The van der Waals surface area contributed by atoms with Crippen LogP contribution in [0.5, 0.6) is 11.5 Å². The third-order valence-corrected chi connectivity index (χ3v) is 6.21. The molecule has 0 aliphatic carbocycles. The molecule has 9 heteroatoms. The number of methoxy groups -OCH3 is 2. The van der Waals surface area contributed by atoms with Gasteiger partial charge in [-0.05, 0) is 44.9 Å². The third-order valence-electron chi connectivity index (χ3n) is 5.16. The maximum atomic E-state index is 5.40.